The Morgan fingerprint density at radius 2 is 2.14 bits per heavy atom. The van der Waals surface area contributed by atoms with Gasteiger partial charge in [-0.25, -0.2) is 4.98 Å². The molecule has 0 spiro atoms. The summed E-state index contributed by atoms with van der Waals surface area (Å²) >= 11 is 3.33. The highest BCUT2D eigenvalue weighted by atomic mass is 79.9. The van der Waals surface area contributed by atoms with Crippen LogP contribution in [0.25, 0.3) is 0 Å². The molecule has 0 radical (unpaired) electrons. The van der Waals surface area contributed by atoms with Crippen LogP contribution in [0.15, 0.2) is 39.6 Å². The van der Waals surface area contributed by atoms with Crippen molar-refractivity contribution in [2.45, 2.75) is 20.8 Å². The van der Waals surface area contributed by atoms with Gasteiger partial charge in [-0.3, -0.25) is 4.99 Å². The molecule has 3 heteroatoms. The Morgan fingerprint density at radius 3 is 2.71 bits per heavy atom. The Balaban J connectivity index is 3.00. The van der Waals surface area contributed by atoms with E-state index in [-0.39, 0.29) is 0 Å². The van der Waals surface area contributed by atoms with E-state index in [2.05, 4.69) is 25.9 Å². The van der Waals surface area contributed by atoms with E-state index in [1.54, 1.807) is 0 Å². The van der Waals surface area contributed by atoms with E-state index >= 15 is 0 Å². The first-order valence-electron chi connectivity index (χ1n) is 4.44. The normalized spacial score (nSPS) is 13.1. The van der Waals surface area contributed by atoms with Gasteiger partial charge in [0.05, 0.1) is 11.4 Å². The van der Waals surface area contributed by atoms with Crippen molar-refractivity contribution in [3.8, 4) is 0 Å². The summed E-state index contributed by atoms with van der Waals surface area (Å²) in [5.41, 5.74) is 2.84. The quantitative estimate of drug-likeness (QED) is 0.584. The predicted molar refractivity (Wildman–Crippen MR) is 63.6 cm³/mol. The Labute approximate surface area is 92.9 Å². The SMILES string of the molecule is C/C=C(C)\N=C(/C)c1cccc(Br)n1. The molecule has 0 bridgehead atoms. The van der Waals surface area contributed by atoms with Gasteiger partial charge >= 0.3 is 0 Å². The van der Waals surface area contributed by atoms with E-state index in [1.807, 2.05) is 45.0 Å². The average molecular weight is 253 g/mol. The van der Waals surface area contributed by atoms with Crippen LogP contribution in [0, 0.1) is 0 Å². The average Bonchev–Trinajstić information content (AvgIpc) is 2.17. The van der Waals surface area contributed by atoms with E-state index in [0.29, 0.717) is 0 Å². The highest BCUT2D eigenvalue weighted by molar-refractivity contribution is 9.10. The monoisotopic (exact) mass is 252 g/mol. The molecular formula is C11H13BrN2. The Hall–Kier alpha value is -0.960. The third-order valence-electron chi connectivity index (χ3n) is 1.85. The lowest BCUT2D eigenvalue weighted by atomic mass is 10.2. The van der Waals surface area contributed by atoms with Crippen molar-refractivity contribution >= 4 is 21.6 Å². The summed E-state index contributed by atoms with van der Waals surface area (Å²) in [6.07, 6.45) is 1.97. The number of aliphatic imine (C=N–C) groups is 1. The number of hydrogen-bond donors (Lipinski definition) is 0. The topological polar surface area (TPSA) is 25.2 Å². The Kier molecular flexibility index (Phi) is 4.01. The van der Waals surface area contributed by atoms with Crippen molar-refractivity contribution in [3.63, 3.8) is 0 Å². The van der Waals surface area contributed by atoms with Crippen molar-refractivity contribution in [2.24, 2.45) is 4.99 Å². The molecule has 0 aliphatic carbocycles. The van der Waals surface area contributed by atoms with Crippen LogP contribution in [0.1, 0.15) is 26.5 Å². The molecule has 2 nitrogen and oxygen atoms in total. The zero-order chi connectivity index (χ0) is 10.6. The molecule has 0 saturated heterocycles. The third-order valence-corrected chi connectivity index (χ3v) is 2.29. The predicted octanol–water partition coefficient (Wildman–Crippen LogP) is 3.58. The molecule has 0 unspecified atom stereocenters. The van der Waals surface area contributed by atoms with Crippen LogP contribution in [0.2, 0.25) is 0 Å². The molecular weight excluding hydrogens is 240 g/mol. The van der Waals surface area contributed by atoms with Gasteiger partial charge in [0.15, 0.2) is 0 Å². The first-order valence-corrected chi connectivity index (χ1v) is 5.24. The second-order valence-corrected chi connectivity index (χ2v) is 3.79. The lowest BCUT2D eigenvalue weighted by Crippen LogP contribution is -1.98. The van der Waals surface area contributed by atoms with Crippen molar-refractivity contribution in [1.29, 1.82) is 0 Å². The van der Waals surface area contributed by atoms with Gasteiger partial charge in [-0.15, -0.1) is 0 Å². The maximum atomic E-state index is 4.40. The molecule has 1 rings (SSSR count). The van der Waals surface area contributed by atoms with Crippen LogP contribution in [-0.2, 0) is 0 Å². The summed E-state index contributed by atoms with van der Waals surface area (Å²) in [5, 5.41) is 0. The fourth-order valence-corrected chi connectivity index (χ4v) is 1.34. The summed E-state index contributed by atoms with van der Waals surface area (Å²) in [4.78, 5) is 8.72. The molecule has 0 aliphatic heterocycles. The van der Waals surface area contributed by atoms with Gasteiger partial charge in [0, 0.05) is 5.70 Å². The molecule has 0 fully saturated rings. The van der Waals surface area contributed by atoms with Crippen molar-refractivity contribution < 1.29 is 0 Å². The number of halogens is 1. The summed E-state index contributed by atoms with van der Waals surface area (Å²) in [6.45, 7) is 5.91. The molecule has 0 atom stereocenters. The minimum atomic E-state index is 0.836. The molecule has 0 aliphatic rings. The van der Waals surface area contributed by atoms with Crippen LogP contribution in [0.3, 0.4) is 0 Å². The number of pyridine rings is 1. The molecule has 14 heavy (non-hydrogen) atoms. The number of hydrogen-bond acceptors (Lipinski definition) is 2. The lowest BCUT2D eigenvalue weighted by Gasteiger charge is -2.00. The van der Waals surface area contributed by atoms with Gasteiger partial charge < -0.3 is 0 Å². The first kappa shape index (κ1) is 11.1. The van der Waals surface area contributed by atoms with Crippen LogP contribution in [0.5, 0.6) is 0 Å². The van der Waals surface area contributed by atoms with Crippen molar-refractivity contribution in [1.82, 2.24) is 4.98 Å². The molecule has 1 aromatic heterocycles. The van der Waals surface area contributed by atoms with E-state index < -0.39 is 0 Å². The van der Waals surface area contributed by atoms with E-state index in [9.17, 15) is 0 Å². The van der Waals surface area contributed by atoms with Crippen LogP contribution < -0.4 is 0 Å². The van der Waals surface area contributed by atoms with E-state index in [1.165, 1.54) is 0 Å². The largest absolute Gasteiger partial charge is 0.257 e. The second-order valence-electron chi connectivity index (χ2n) is 2.97. The lowest BCUT2D eigenvalue weighted by molar-refractivity contribution is 1.21. The van der Waals surface area contributed by atoms with E-state index in [4.69, 9.17) is 0 Å². The Morgan fingerprint density at radius 1 is 1.43 bits per heavy atom. The first-order chi connectivity index (χ1) is 6.63. The van der Waals surface area contributed by atoms with Gasteiger partial charge in [-0.05, 0) is 48.8 Å². The van der Waals surface area contributed by atoms with Crippen LogP contribution in [0.4, 0.5) is 0 Å². The zero-order valence-electron chi connectivity index (χ0n) is 8.58. The molecule has 74 valence electrons. The highest BCUT2D eigenvalue weighted by Gasteiger charge is 1.99. The van der Waals surface area contributed by atoms with Gasteiger partial charge in [-0.1, -0.05) is 12.1 Å². The maximum absolute atomic E-state index is 4.40. The molecule has 1 heterocycles. The van der Waals surface area contributed by atoms with E-state index in [0.717, 1.165) is 21.7 Å². The van der Waals surface area contributed by atoms with Crippen molar-refractivity contribution in [3.05, 3.63) is 40.3 Å². The minimum Gasteiger partial charge on any atom is -0.257 e. The summed E-state index contributed by atoms with van der Waals surface area (Å²) in [6, 6.07) is 5.81. The molecule has 0 N–H and O–H groups in total. The molecule has 0 amide bonds. The zero-order valence-corrected chi connectivity index (χ0v) is 10.2. The van der Waals surface area contributed by atoms with Gasteiger partial charge in [-0.2, -0.15) is 0 Å². The van der Waals surface area contributed by atoms with Crippen LogP contribution in [-0.4, -0.2) is 10.7 Å². The third kappa shape index (κ3) is 3.07. The molecule has 1 aromatic rings. The number of aromatic nitrogens is 1. The summed E-state index contributed by atoms with van der Waals surface area (Å²) in [7, 11) is 0. The molecule has 0 saturated carbocycles. The summed E-state index contributed by atoms with van der Waals surface area (Å²) in [5.74, 6) is 0. The van der Waals surface area contributed by atoms with Gasteiger partial charge in [0.25, 0.3) is 0 Å². The molecule has 0 aromatic carbocycles. The van der Waals surface area contributed by atoms with Crippen molar-refractivity contribution in [2.75, 3.05) is 0 Å². The standard InChI is InChI=1S/C11H13BrN2/c1-4-8(2)13-9(3)10-6-5-7-11(12)14-10/h4-7H,1-3H3/b8-4-,13-9+. The Bertz CT molecular complexity index is 381. The minimum absolute atomic E-state index is 0.836. The summed E-state index contributed by atoms with van der Waals surface area (Å²) < 4.78 is 0.836. The fraction of sp³-hybridized carbons (Fsp3) is 0.273. The number of nitrogens with zero attached hydrogens (tertiary/aromatic N) is 2. The highest BCUT2D eigenvalue weighted by Crippen LogP contribution is 2.08. The number of allylic oxidation sites excluding steroid dienone is 2. The van der Waals surface area contributed by atoms with Gasteiger partial charge in [0.2, 0.25) is 0 Å². The van der Waals surface area contributed by atoms with Crippen LogP contribution >= 0.6 is 15.9 Å². The second kappa shape index (κ2) is 5.05. The van der Waals surface area contributed by atoms with Gasteiger partial charge in [0.1, 0.15) is 4.60 Å². The number of rotatable bonds is 2. The fourth-order valence-electron chi connectivity index (χ4n) is 0.996. The smallest absolute Gasteiger partial charge is 0.106 e. The maximum Gasteiger partial charge on any atom is 0.106 e.